The summed E-state index contributed by atoms with van der Waals surface area (Å²) in [7, 11) is 0. The number of hydrogen-bond donors (Lipinski definition) is 0. The third kappa shape index (κ3) is 6.34. The van der Waals surface area contributed by atoms with Gasteiger partial charge in [0.2, 0.25) is 0 Å². The van der Waals surface area contributed by atoms with Gasteiger partial charge in [-0.2, -0.15) is 36.4 Å². The van der Waals surface area contributed by atoms with Crippen LogP contribution in [0.3, 0.4) is 0 Å². The van der Waals surface area contributed by atoms with Gasteiger partial charge in [-0.1, -0.05) is 0 Å². The predicted octanol–water partition coefficient (Wildman–Crippen LogP) is 2.81. The molecule has 0 amide bonds. The second kappa shape index (κ2) is 8.03. The standard InChI is InChI=1S/2C5H5.Lu/c2*1-2-4-5-3-1;/h2*1-5H;/q2*-1;. The summed E-state index contributed by atoms with van der Waals surface area (Å²) >= 11 is 0. The Kier molecular flexibility index (Phi) is 7.99. The van der Waals surface area contributed by atoms with Crippen molar-refractivity contribution in [2.24, 2.45) is 0 Å². The smallest absolute Gasteiger partial charge is 0 e. The summed E-state index contributed by atoms with van der Waals surface area (Å²) in [5.74, 6) is 0. The Morgan fingerprint density at radius 2 is 0.818 bits per heavy atom. The van der Waals surface area contributed by atoms with Crippen molar-refractivity contribution >= 4 is 0 Å². The average molecular weight is 305 g/mol. The van der Waals surface area contributed by atoms with Crippen molar-refractivity contribution in [3.05, 3.63) is 60.7 Å². The second-order valence-corrected chi connectivity index (χ2v) is 1.92. The Bertz CT molecular complexity index is 144. The Morgan fingerprint density at radius 3 is 0.909 bits per heavy atom. The van der Waals surface area contributed by atoms with Crippen LogP contribution in [0.25, 0.3) is 0 Å². The largest absolute Gasteiger partial charge is 0.214 e. The zero-order valence-corrected chi connectivity index (χ0v) is 7.69. The van der Waals surface area contributed by atoms with Crippen LogP contribution in [0.4, 0.5) is 0 Å². The molecule has 0 atom stereocenters. The molecule has 67 valence electrons. The maximum Gasteiger partial charge on any atom is 0 e. The van der Waals surface area contributed by atoms with E-state index in [-0.39, 0.29) is 36.9 Å². The molecular weight excluding hydrogens is 295 g/mol. The first kappa shape index (κ1) is 10.9. The Balaban J connectivity index is 0.000000167. The summed E-state index contributed by atoms with van der Waals surface area (Å²) in [5.41, 5.74) is 0. The Labute approximate surface area is 96.8 Å². The quantitative estimate of drug-likeness (QED) is 0.657. The first-order chi connectivity index (χ1) is 5.00. The third-order valence-corrected chi connectivity index (χ3v) is 1.11. The van der Waals surface area contributed by atoms with E-state index in [1.54, 1.807) is 0 Å². The van der Waals surface area contributed by atoms with Gasteiger partial charge in [-0.15, -0.1) is 0 Å². The fourth-order valence-corrected chi connectivity index (χ4v) is 0.642. The summed E-state index contributed by atoms with van der Waals surface area (Å²) in [6.45, 7) is 0. The van der Waals surface area contributed by atoms with Gasteiger partial charge in [0.15, 0.2) is 0 Å². The summed E-state index contributed by atoms with van der Waals surface area (Å²) in [6.07, 6.45) is 0. The molecule has 0 spiro atoms. The molecule has 0 N–H and O–H groups in total. The first-order valence-electron chi connectivity index (χ1n) is 3.33. The summed E-state index contributed by atoms with van der Waals surface area (Å²) in [6, 6.07) is 20.0. The van der Waals surface area contributed by atoms with Gasteiger partial charge in [-0.05, 0) is 0 Å². The van der Waals surface area contributed by atoms with Gasteiger partial charge >= 0.3 is 0 Å². The van der Waals surface area contributed by atoms with Crippen molar-refractivity contribution in [3.63, 3.8) is 0 Å². The van der Waals surface area contributed by atoms with E-state index in [0.717, 1.165) is 0 Å². The van der Waals surface area contributed by atoms with Crippen molar-refractivity contribution in [2.45, 2.75) is 0 Å². The van der Waals surface area contributed by atoms with Gasteiger partial charge in [0.05, 0.1) is 0 Å². The number of hydrogen-bond acceptors (Lipinski definition) is 0. The van der Waals surface area contributed by atoms with Gasteiger partial charge in [-0.3, -0.25) is 0 Å². The average Bonchev–Trinajstić information content (AvgIpc) is 2.67. The molecule has 0 saturated carbocycles. The van der Waals surface area contributed by atoms with Crippen molar-refractivity contribution in [1.29, 1.82) is 0 Å². The Morgan fingerprint density at radius 1 is 0.545 bits per heavy atom. The minimum atomic E-state index is 0. The fourth-order valence-electron chi connectivity index (χ4n) is 0.642. The zero-order valence-electron chi connectivity index (χ0n) is 6.03. The van der Waals surface area contributed by atoms with E-state index in [0.29, 0.717) is 0 Å². The molecule has 1 heteroatoms. The summed E-state index contributed by atoms with van der Waals surface area (Å²) in [5, 5.41) is 0. The molecule has 0 aliphatic heterocycles. The number of rotatable bonds is 0. The molecule has 0 unspecified atom stereocenters. The predicted molar refractivity (Wildman–Crippen MR) is 44.1 cm³/mol. The summed E-state index contributed by atoms with van der Waals surface area (Å²) < 4.78 is 0. The van der Waals surface area contributed by atoms with Crippen LogP contribution >= 0.6 is 0 Å². The van der Waals surface area contributed by atoms with Crippen LogP contribution in [0.2, 0.25) is 0 Å². The van der Waals surface area contributed by atoms with E-state index in [1.165, 1.54) is 0 Å². The van der Waals surface area contributed by atoms with Crippen molar-refractivity contribution in [2.75, 3.05) is 0 Å². The van der Waals surface area contributed by atoms with E-state index >= 15 is 0 Å². The molecular formula is C10H10Lu-2. The van der Waals surface area contributed by atoms with Crippen LogP contribution in [0, 0.1) is 36.9 Å². The van der Waals surface area contributed by atoms with Gasteiger partial charge in [0.25, 0.3) is 0 Å². The molecule has 0 aliphatic rings. The maximum absolute atomic E-state index is 2.00. The minimum absolute atomic E-state index is 0. The van der Waals surface area contributed by atoms with Crippen molar-refractivity contribution in [3.8, 4) is 0 Å². The first-order valence-corrected chi connectivity index (χ1v) is 3.33. The molecule has 2 aromatic rings. The maximum atomic E-state index is 2.00. The van der Waals surface area contributed by atoms with Crippen LogP contribution in [-0.4, -0.2) is 0 Å². The van der Waals surface area contributed by atoms with E-state index < -0.39 is 0 Å². The van der Waals surface area contributed by atoms with Crippen LogP contribution in [-0.2, 0) is 0 Å². The van der Waals surface area contributed by atoms with Crippen molar-refractivity contribution < 1.29 is 36.9 Å². The van der Waals surface area contributed by atoms with Gasteiger partial charge in [0, 0.05) is 36.9 Å². The monoisotopic (exact) mass is 305 g/mol. The van der Waals surface area contributed by atoms with Crippen LogP contribution in [0.15, 0.2) is 60.7 Å². The van der Waals surface area contributed by atoms with Gasteiger partial charge < -0.3 is 0 Å². The SMILES string of the molecule is [Lu].c1cc[cH-]c1.c1cc[cH-]c1. The molecule has 0 fully saturated rings. The van der Waals surface area contributed by atoms with E-state index in [2.05, 4.69) is 0 Å². The normalized spacial score (nSPS) is 7.27. The molecule has 0 aromatic heterocycles. The zero-order chi connectivity index (χ0) is 7.07. The topological polar surface area (TPSA) is 0 Å². The fraction of sp³-hybridized carbons (Fsp3) is 0. The van der Waals surface area contributed by atoms with Gasteiger partial charge in [0.1, 0.15) is 0 Å². The van der Waals surface area contributed by atoms with Crippen LogP contribution < -0.4 is 0 Å². The van der Waals surface area contributed by atoms with Gasteiger partial charge in [-0.25, -0.2) is 24.3 Å². The molecule has 1 radical (unpaired) electrons. The van der Waals surface area contributed by atoms with E-state index in [1.807, 2.05) is 60.7 Å². The summed E-state index contributed by atoms with van der Waals surface area (Å²) in [4.78, 5) is 0. The molecule has 2 aromatic carbocycles. The molecule has 0 saturated heterocycles. The molecule has 11 heavy (non-hydrogen) atoms. The molecule has 0 heterocycles. The molecule has 0 nitrogen and oxygen atoms in total. The molecule has 2 rings (SSSR count). The van der Waals surface area contributed by atoms with Crippen molar-refractivity contribution in [1.82, 2.24) is 0 Å². The van der Waals surface area contributed by atoms with Crippen LogP contribution in [0.5, 0.6) is 0 Å². The molecule has 0 bridgehead atoms. The second-order valence-electron chi connectivity index (χ2n) is 1.92. The third-order valence-electron chi connectivity index (χ3n) is 1.11. The minimum Gasteiger partial charge on any atom is -0.214 e. The van der Waals surface area contributed by atoms with E-state index in [4.69, 9.17) is 0 Å². The van der Waals surface area contributed by atoms with E-state index in [9.17, 15) is 0 Å². The van der Waals surface area contributed by atoms with Crippen LogP contribution in [0.1, 0.15) is 0 Å². The Hall–Kier alpha value is -0.0662. The molecule has 0 aliphatic carbocycles.